The summed E-state index contributed by atoms with van der Waals surface area (Å²) in [6, 6.07) is 7.28. The zero-order chi connectivity index (χ0) is 19.2. The lowest BCUT2D eigenvalue weighted by atomic mass is 10.1. The van der Waals surface area contributed by atoms with Crippen LogP contribution in [-0.4, -0.2) is 51.6 Å². The monoisotopic (exact) mass is 385 g/mol. The molecule has 0 fully saturated rings. The first-order valence-corrected chi connectivity index (χ1v) is 9.59. The van der Waals surface area contributed by atoms with Gasteiger partial charge in [0.25, 0.3) is 5.56 Å². The van der Waals surface area contributed by atoms with E-state index in [1.807, 2.05) is 31.6 Å². The van der Waals surface area contributed by atoms with E-state index in [1.54, 1.807) is 23.6 Å². The number of aromatic amines is 1. The second-order valence-electron chi connectivity index (χ2n) is 6.63. The van der Waals surface area contributed by atoms with Gasteiger partial charge in [-0.3, -0.25) is 4.79 Å². The van der Waals surface area contributed by atoms with Crippen molar-refractivity contribution in [2.24, 2.45) is 0 Å². The lowest BCUT2D eigenvalue weighted by Gasteiger charge is -2.25. The van der Waals surface area contributed by atoms with Gasteiger partial charge in [-0.1, -0.05) is 0 Å². The summed E-state index contributed by atoms with van der Waals surface area (Å²) in [4.78, 5) is 25.1. The van der Waals surface area contributed by atoms with E-state index in [0.717, 1.165) is 23.2 Å². The molecule has 0 saturated heterocycles. The largest absolute Gasteiger partial charge is 0.493 e. The first-order valence-electron chi connectivity index (χ1n) is 8.65. The van der Waals surface area contributed by atoms with E-state index in [-0.39, 0.29) is 17.5 Å². The maximum atomic E-state index is 11.9. The van der Waals surface area contributed by atoms with Crippen LogP contribution in [-0.2, 0) is 12.8 Å². The van der Waals surface area contributed by atoms with Crippen molar-refractivity contribution in [3.8, 4) is 5.88 Å². The molecule has 142 valence electrons. The van der Waals surface area contributed by atoms with Gasteiger partial charge in [0.05, 0.1) is 0 Å². The number of nitrogens with one attached hydrogen (secondary N) is 2. The van der Waals surface area contributed by atoms with Gasteiger partial charge in [0.15, 0.2) is 0 Å². The van der Waals surface area contributed by atoms with Crippen molar-refractivity contribution in [1.82, 2.24) is 19.9 Å². The normalized spacial score (nSPS) is 12.3. The fraction of sp³-hybridized carbons (Fsp3) is 0.316. The molecule has 3 aromatic heterocycles. The highest BCUT2D eigenvalue weighted by Crippen LogP contribution is 2.13. The number of anilines is 1. The van der Waals surface area contributed by atoms with Gasteiger partial charge >= 0.3 is 0 Å². The summed E-state index contributed by atoms with van der Waals surface area (Å²) in [5, 5.41) is 16.9. The molecule has 0 amide bonds. The Balaban J connectivity index is 1.68. The van der Waals surface area contributed by atoms with Crippen LogP contribution >= 0.6 is 11.3 Å². The molecule has 27 heavy (non-hydrogen) atoms. The summed E-state index contributed by atoms with van der Waals surface area (Å²) in [5.41, 5.74) is 2.73. The van der Waals surface area contributed by atoms with Crippen LogP contribution in [0.4, 0.5) is 5.95 Å². The van der Waals surface area contributed by atoms with Gasteiger partial charge in [-0.05, 0) is 54.5 Å². The summed E-state index contributed by atoms with van der Waals surface area (Å²) in [5.74, 6) is 0.488. The molecule has 0 saturated carbocycles. The molecule has 3 N–H and O–H groups in total. The third kappa shape index (κ3) is 5.63. The highest BCUT2D eigenvalue weighted by atomic mass is 32.1. The molecule has 3 rings (SSSR count). The Labute approximate surface area is 161 Å². The smallest absolute Gasteiger partial charge is 0.274 e. The molecule has 0 aromatic carbocycles. The molecule has 3 heterocycles. The van der Waals surface area contributed by atoms with E-state index in [9.17, 15) is 9.90 Å². The summed E-state index contributed by atoms with van der Waals surface area (Å²) < 4.78 is 0. The van der Waals surface area contributed by atoms with Gasteiger partial charge in [-0.15, -0.1) is 0 Å². The average molecular weight is 385 g/mol. The quantitative estimate of drug-likeness (QED) is 0.550. The lowest BCUT2D eigenvalue weighted by molar-refractivity contribution is 0.302. The number of thiophene rings is 1. The van der Waals surface area contributed by atoms with Crippen LogP contribution in [0.25, 0.3) is 0 Å². The van der Waals surface area contributed by atoms with Crippen LogP contribution in [0.15, 0.2) is 46.0 Å². The van der Waals surface area contributed by atoms with E-state index < -0.39 is 0 Å². The number of aromatic nitrogens is 3. The molecule has 0 aliphatic carbocycles. The van der Waals surface area contributed by atoms with Gasteiger partial charge in [-0.2, -0.15) is 16.3 Å². The topological polar surface area (TPSA) is 94.1 Å². The molecule has 1 atom stereocenters. The predicted octanol–water partition coefficient (Wildman–Crippen LogP) is 2.11. The molecule has 0 aliphatic heterocycles. The van der Waals surface area contributed by atoms with E-state index >= 15 is 0 Å². The Morgan fingerprint density at radius 1 is 1.30 bits per heavy atom. The Kier molecular flexibility index (Phi) is 6.20. The third-order valence-electron chi connectivity index (χ3n) is 4.29. The summed E-state index contributed by atoms with van der Waals surface area (Å²) in [6.07, 6.45) is 3.00. The van der Waals surface area contributed by atoms with E-state index in [2.05, 4.69) is 30.5 Å². The van der Waals surface area contributed by atoms with Crippen LogP contribution in [0.3, 0.4) is 0 Å². The molecule has 0 bridgehead atoms. The number of aromatic hydroxyl groups is 1. The molecular formula is C19H23N5O2S. The van der Waals surface area contributed by atoms with Gasteiger partial charge in [0.2, 0.25) is 11.8 Å². The summed E-state index contributed by atoms with van der Waals surface area (Å²) in [7, 11) is 3.99. The molecule has 0 aliphatic rings. The minimum absolute atomic E-state index is 0.0186. The van der Waals surface area contributed by atoms with Crippen LogP contribution in [0.5, 0.6) is 5.88 Å². The minimum Gasteiger partial charge on any atom is -0.493 e. The second kappa shape index (κ2) is 8.79. The van der Waals surface area contributed by atoms with Crippen molar-refractivity contribution >= 4 is 17.3 Å². The number of likely N-dealkylation sites (N-methyl/N-ethyl adjacent to an activating group) is 1. The van der Waals surface area contributed by atoms with Crippen LogP contribution in [0.1, 0.15) is 16.8 Å². The minimum atomic E-state index is -0.262. The maximum Gasteiger partial charge on any atom is 0.274 e. The average Bonchev–Trinajstić information content (AvgIpc) is 3.11. The fourth-order valence-electron chi connectivity index (χ4n) is 2.81. The first-order chi connectivity index (χ1) is 13.0. The molecular weight excluding hydrogens is 362 g/mol. The Morgan fingerprint density at radius 3 is 2.85 bits per heavy atom. The van der Waals surface area contributed by atoms with Gasteiger partial charge in [0, 0.05) is 43.0 Å². The SMILES string of the molecule is CN(C)C(CNc1nc(=O)cc(Cc2ccsc2)[nH]1)Cc1ccnc(O)c1. The molecule has 0 radical (unpaired) electrons. The van der Waals surface area contributed by atoms with Gasteiger partial charge in [0.1, 0.15) is 0 Å². The Hall–Kier alpha value is -2.71. The number of hydrogen-bond donors (Lipinski definition) is 3. The highest BCUT2D eigenvalue weighted by Gasteiger charge is 2.14. The predicted molar refractivity (Wildman–Crippen MR) is 108 cm³/mol. The van der Waals surface area contributed by atoms with E-state index in [0.29, 0.717) is 18.9 Å². The third-order valence-corrected chi connectivity index (χ3v) is 5.02. The van der Waals surface area contributed by atoms with E-state index in [1.165, 1.54) is 6.07 Å². The number of rotatable bonds is 8. The Morgan fingerprint density at radius 2 is 2.15 bits per heavy atom. The summed E-state index contributed by atoms with van der Waals surface area (Å²) in [6.45, 7) is 0.598. The number of H-pyrrole nitrogens is 1. The molecule has 0 spiro atoms. The Bertz CT molecular complexity index is 924. The van der Waals surface area contributed by atoms with Crippen LogP contribution in [0, 0.1) is 0 Å². The summed E-state index contributed by atoms with van der Waals surface area (Å²) >= 11 is 1.64. The molecule has 7 nitrogen and oxygen atoms in total. The standard InChI is InChI=1S/C19H23N5O2S/c1-24(2)16(8-13-3-5-20-17(25)9-13)11-21-19-22-15(10-18(26)23-19)7-14-4-6-27-12-14/h3-6,9-10,12,16H,7-8,11H2,1-2H3,(H,20,25)(H2,21,22,23,26). The second-order valence-corrected chi connectivity index (χ2v) is 7.41. The zero-order valence-electron chi connectivity index (χ0n) is 15.3. The van der Waals surface area contributed by atoms with Crippen LogP contribution in [0.2, 0.25) is 0 Å². The van der Waals surface area contributed by atoms with Crippen molar-refractivity contribution in [2.75, 3.05) is 26.0 Å². The molecule has 3 aromatic rings. The molecule has 1 unspecified atom stereocenters. The van der Waals surface area contributed by atoms with E-state index in [4.69, 9.17) is 0 Å². The fourth-order valence-corrected chi connectivity index (χ4v) is 3.48. The van der Waals surface area contributed by atoms with Gasteiger partial charge < -0.3 is 20.3 Å². The van der Waals surface area contributed by atoms with Gasteiger partial charge in [-0.25, -0.2) is 4.98 Å². The number of nitrogens with zero attached hydrogens (tertiary/aromatic N) is 3. The number of pyridine rings is 1. The van der Waals surface area contributed by atoms with Crippen molar-refractivity contribution < 1.29 is 5.11 Å². The zero-order valence-corrected chi connectivity index (χ0v) is 16.2. The van der Waals surface area contributed by atoms with Crippen molar-refractivity contribution in [3.05, 3.63) is 68.4 Å². The number of hydrogen-bond acceptors (Lipinski definition) is 7. The van der Waals surface area contributed by atoms with Crippen LogP contribution < -0.4 is 10.9 Å². The lowest BCUT2D eigenvalue weighted by Crippen LogP contribution is -2.37. The first kappa shape index (κ1) is 19.1. The van der Waals surface area contributed by atoms with Crippen molar-refractivity contribution in [2.45, 2.75) is 18.9 Å². The highest BCUT2D eigenvalue weighted by molar-refractivity contribution is 7.07. The molecule has 8 heteroatoms. The van der Waals surface area contributed by atoms with Crippen molar-refractivity contribution in [1.29, 1.82) is 0 Å². The maximum absolute atomic E-state index is 11.9. The van der Waals surface area contributed by atoms with Crippen molar-refractivity contribution in [3.63, 3.8) is 0 Å².